The van der Waals surface area contributed by atoms with E-state index in [4.69, 9.17) is 21.1 Å². The molecule has 0 bridgehead atoms. The largest absolute Gasteiger partial charge is 0.507 e. The zero-order valence-electron chi connectivity index (χ0n) is 5.98. The van der Waals surface area contributed by atoms with Gasteiger partial charge in [0.05, 0.1) is 5.56 Å². The van der Waals surface area contributed by atoms with Crippen LogP contribution in [-0.4, -0.2) is 21.2 Å². The molecule has 5 nitrogen and oxygen atoms in total. The summed E-state index contributed by atoms with van der Waals surface area (Å²) >= 11 is 0. The number of amides is 1. The smallest absolute Gasteiger partial charge is 0.252 e. The predicted octanol–water partition coefficient (Wildman–Crippen LogP) is -0.0977. The van der Waals surface area contributed by atoms with Crippen molar-refractivity contribution >= 4 is 5.91 Å². The maximum atomic E-state index is 10.6. The Balaban J connectivity index is 3.33. The van der Waals surface area contributed by atoms with Gasteiger partial charge < -0.3 is 21.1 Å². The molecular weight excluding hydrogens is 162 g/mol. The van der Waals surface area contributed by atoms with Crippen LogP contribution in [0, 0.1) is 0 Å². The Bertz CT molecular complexity index is 334. The first-order valence-electron chi connectivity index (χ1n) is 3.07. The summed E-state index contributed by atoms with van der Waals surface area (Å²) < 4.78 is 0. The maximum Gasteiger partial charge on any atom is 0.252 e. The first-order chi connectivity index (χ1) is 5.52. The van der Waals surface area contributed by atoms with Crippen molar-refractivity contribution < 1.29 is 20.1 Å². The van der Waals surface area contributed by atoms with Crippen molar-refractivity contribution in [2.75, 3.05) is 0 Å². The summed E-state index contributed by atoms with van der Waals surface area (Å²) in [5, 5.41) is 26.8. The Morgan fingerprint density at radius 1 is 1.08 bits per heavy atom. The van der Waals surface area contributed by atoms with E-state index in [0.717, 1.165) is 12.1 Å². The van der Waals surface area contributed by atoms with Crippen molar-refractivity contribution in [3.8, 4) is 17.2 Å². The van der Waals surface area contributed by atoms with Crippen LogP contribution in [0.3, 0.4) is 0 Å². The van der Waals surface area contributed by atoms with Gasteiger partial charge in [-0.2, -0.15) is 0 Å². The second-order valence-corrected chi connectivity index (χ2v) is 2.22. The molecule has 0 aliphatic rings. The second-order valence-electron chi connectivity index (χ2n) is 2.22. The molecular formula is C7H7NO4. The number of primary amides is 1. The van der Waals surface area contributed by atoms with Gasteiger partial charge in [-0.15, -0.1) is 0 Å². The number of nitrogens with two attached hydrogens (primary N) is 1. The minimum atomic E-state index is -0.872. The van der Waals surface area contributed by atoms with Gasteiger partial charge in [0.25, 0.3) is 5.91 Å². The van der Waals surface area contributed by atoms with Crippen LogP contribution in [-0.2, 0) is 0 Å². The molecule has 5 heteroatoms. The van der Waals surface area contributed by atoms with Crippen LogP contribution in [0.1, 0.15) is 10.4 Å². The number of benzene rings is 1. The molecule has 0 aliphatic heterocycles. The molecule has 1 amide bonds. The summed E-state index contributed by atoms with van der Waals surface area (Å²) in [5.74, 6) is -2.33. The normalized spacial score (nSPS) is 9.67. The summed E-state index contributed by atoms with van der Waals surface area (Å²) in [6.45, 7) is 0. The minimum absolute atomic E-state index is 0.231. The van der Waals surface area contributed by atoms with Gasteiger partial charge in [0.15, 0.2) is 11.5 Å². The zero-order valence-corrected chi connectivity index (χ0v) is 5.98. The molecule has 1 rings (SSSR count). The van der Waals surface area contributed by atoms with E-state index in [1.807, 2.05) is 0 Å². The first kappa shape index (κ1) is 8.19. The van der Waals surface area contributed by atoms with Gasteiger partial charge >= 0.3 is 0 Å². The van der Waals surface area contributed by atoms with E-state index < -0.39 is 23.2 Å². The van der Waals surface area contributed by atoms with Crippen molar-refractivity contribution in [3.63, 3.8) is 0 Å². The highest BCUT2D eigenvalue weighted by Crippen LogP contribution is 2.31. The van der Waals surface area contributed by atoms with Crippen molar-refractivity contribution in [3.05, 3.63) is 17.7 Å². The van der Waals surface area contributed by atoms with E-state index in [-0.39, 0.29) is 5.56 Å². The second kappa shape index (κ2) is 2.61. The predicted molar refractivity (Wildman–Crippen MR) is 40.0 cm³/mol. The molecule has 0 saturated heterocycles. The molecule has 0 unspecified atom stereocenters. The lowest BCUT2D eigenvalue weighted by Crippen LogP contribution is -2.10. The van der Waals surface area contributed by atoms with Crippen LogP contribution >= 0.6 is 0 Å². The Kier molecular flexibility index (Phi) is 1.78. The number of carbonyl (C=O) groups excluding carboxylic acids is 1. The number of rotatable bonds is 1. The van der Waals surface area contributed by atoms with E-state index in [1.54, 1.807) is 0 Å². The van der Waals surface area contributed by atoms with Gasteiger partial charge in [-0.1, -0.05) is 0 Å². The Morgan fingerprint density at radius 3 is 2.08 bits per heavy atom. The highest BCUT2D eigenvalue weighted by Gasteiger charge is 2.11. The Morgan fingerprint density at radius 2 is 1.58 bits per heavy atom. The molecule has 0 atom stereocenters. The number of hydrogen-bond donors (Lipinski definition) is 4. The number of hydrogen-bond acceptors (Lipinski definition) is 4. The van der Waals surface area contributed by atoms with Crippen molar-refractivity contribution in [2.24, 2.45) is 5.73 Å². The molecule has 0 aromatic heterocycles. The molecule has 5 N–H and O–H groups in total. The van der Waals surface area contributed by atoms with E-state index in [1.165, 1.54) is 0 Å². The SMILES string of the molecule is NC(=O)c1cc(O)c(O)cc1O. The zero-order chi connectivity index (χ0) is 9.30. The van der Waals surface area contributed by atoms with Gasteiger partial charge in [0, 0.05) is 12.1 Å². The third-order valence-corrected chi connectivity index (χ3v) is 1.36. The topological polar surface area (TPSA) is 104 Å². The molecule has 64 valence electrons. The highest BCUT2D eigenvalue weighted by molar-refractivity contribution is 5.96. The number of aromatic hydroxyl groups is 3. The third kappa shape index (κ3) is 1.24. The van der Waals surface area contributed by atoms with Gasteiger partial charge in [-0.25, -0.2) is 0 Å². The van der Waals surface area contributed by atoms with Crippen molar-refractivity contribution in [2.45, 2.75) is 0 Å². The van der Waals surface area contributed by atoms with Gasteiger partial charge in [-0.3, -0.25) is 4.79 Å². The van der Waals surface area contributed by atoms with Crippen LogP contribution in [0.5, 0.6) is 17.2 Å². The number of phenols is 3. The van der Waals surface area contributed by atoms with Crippen LogP contribution in [0.15, 0.2) is 12.1 Å². The fourth-order valence-corrected chi connectivity index (χ4v) is 0.763. The van der Waals surface area contributed by atoms with Gasteiger partial charge in [0.2, 0.25) is 0 Å². The molecule has 0 heterocycles. The lowest BCUT2D eigenvalue weighted by atomic mass is 10.1. The maximum absolute atomic E-state index is 10.6. The molecule has 0 aliphatic carbocycles. The average molecular weight is 169 g/mol. The monoisotopic (exact) mass is 169 g/mol. The fourth-order valence-electron chi connectivity index (χ4n) is 0.763. The summed E-state index contributed by atoms with van der Waals surface area (Å²) in [4.78, 5) is 10.6. The summed E-state index contributed by atoms with van der Waals surface area (Å²) in [6, 6.07) is 1.74. The third-order valence-electron chi connectivity index (χ3n) is 1.36. The minimum Gasteiger partial charge on any atom is -0.507 e. The highest BCUT2D eigenvalue weighted by atomic mass is 16.3. The lowest BCUT2D eigenvalue weighted by molar-refractivity contribution is 0.0997. The van der Waals surface area contributed by atoms with E-state index >= 15 is 0 Å². The van der Waals surface area contributed by atoms with Crippen molar-refractivity contribution in [1.29, 1.82) is 0 Å². The number of phenolic OH excluding ortho intramolecular Hbond substituents is 2. The molecule has 0 radical (unpaired) electrons. The fraction of sp³-hybridized carbons (Fsp3) is 0. The summed E-state index contributed by atoms with van der Waals surface area (Å²) in [7, 11) is 0. The van der Waals surface area contributed by atoms with E-state index in [0.29, 0.717) is 0 Å². The van der Waals surface area contributed by atoms with Gasteiger partial charge in [0.1, 0.15) is 5.75 Å². The van der Waals surface area contributed by atoms with E-state index in [2.05, 4.69) is 0 Å². The summed E-state index contributed by atoms with van der Waals surface area (Å²) in [5.41, 5.74) is 4.61. The standard InChI is InChI=1S/C7H7NO4/c8-7(12)3-1-5(10)6(11)2-4(3)9/h1-2,9-11H,(H2,8,12). The van der Waals surface area contributed by atoms with Crippen molar-refractivity contribution in [1.82, 2.24) is 0 Å². The molecule has 0 saturated carbocycles. The molecule has 0 spiro atoms. The Labute approximate surface area is 67.7 Å². The quantitative estimate of drug-likeness (QED) is 0.348. The molecule has 12 heavy (non-hydrogen) atoms. The Hall–Kier alpha value is -1.91. The van der Waals surface area contributed by atoms with Gasteiger partial charge in [-0.05, 0) is 0 Å². The number of carbonyl (C=O) groups is 1. The van der Waals surface area contributed by atoms with Crippen LogP contribution in [0.2, 0.25) is 0 Å². The molecule has 1 aromatic carbocycles. The van der Waals surface area contributed by atoms with Crippen LogP contribution in [0.25, 0.3) is 0 Å². The molecule has 0 fully saturated rings. The first-order valence-corrected chi connectivity index (χ1v) is 3.07. The summed E-state index contributed by atoms with van der Waals surface area (Å²) in [6.07, 6.45) is 0. The van der Waals surface area contributed by atoms with E-state index in [9.17, 15) is 4.79 Å². The molecule has 1 aromatic rings. The lowest BCUT2D eigenvalue weighted by Gasteiger charge is -2.02. The average Bonchev–Trinajstić information content (AvgIpc) is 1.96. The van der Waals surface area contributed by atoms with Crippen LogP contribution in [0.4, 0.5) is 0 Å². The van der Waals surface area contributed by atoms with Crippen LogP contribution < -0.4 is 5.73 Å².